The fraction of sp³-hybridized carbons (Fsp3) is 0.191. The molecule has 16 rings (SSSR count). The van der Waals surface area contributed by atoms with Gasteiger partial charge in [-0.25, -0.2) is 9.97 Å². The SMILES string of the molecule is CC(=O)c1ccc(C(=C2CCN(Cc3ccncc3)CC2)c2cccc3cccnc23)cc1.CC(=O)c1ccc(C(=C2CCN(Cc3cnc[nH]3)CC2)c2cccc3cccnc23)cc1.CC(=O)c1ccc(C(=C2CCNCC2)c2cccc3cccnc23)cc1.O=Cc1ccncc1.O=Cc1cnc[nH]1. The average molecular weight is 1400 g/mol. The lowest BCUT2D eigenvalue weighted by Crippen LogP contribution is -2.30. The number of fused-ring (bicyclic) bond motifs is 3. The molecular weight excluding hydrogens is 1320 g/mol. The maximum absolute atomic E-state index is 11.8. The number of aromatic nitrogens is 9. The van der Waals surface area contributed by atoms with Crippen LogP contribution in [0.2, 0.25) is 0 Å². The van der Waals surface area contributed by atoms with Crippen LogP contribution in [0.3, 0.4) is 0 Å². The van der Waals surface area contributed by atoms with Gasteiger partial charge in [-0.3, -0.25) is 58.7 Å². The lowest BCUT2D eigenvalue weighted by molar-refractivity contribution is 0.100. The Morgan fingerprint density at radius 2 is 0.745 bits per heavy atom. The summed E-state index contributed by atoms with van der Waals surface area (Å²) in [5, 5.41) is 6.87. The third-order valence-electron chi connectivity index (χ3n) is 19.2. The highest BCUT2D eigenvalue weighted by Gasteiger charge is 2.24. The van der Waals surface area contributed by atoms with Gasteiger partial charge in [0.25, 0.3) is 0 Å². The van der Waals surface area contributed by atoms with E-state index >= 15 is 0 Å². The number of carbonyl (C=O) groups excluding carboxylic acids is 5. The van der Waals surface area contributed by atoms with Gasteiger partial charge in [0, 0.05) is 150 Å². The first-order valence-corrected chi connectivity index (χ1v) is 35.8. The molecule has 0 radical (unpaired) electrons. The molecule has 0 atom stereocenters. The minimum Gasteiger partial charge on any atom is -0.347 e. The number of hydrogen-bond acceptors (Lipinski definition) is 15. The zero-order valence-corrected chi connectivity index (χ0v) is 59.9. The quantitative estimate of drug-likeness (QED) is 0.0641. The summed E-state index contributed by atoms with van der Waals surface area (Å²) in [6.45, 7) is 12.7. The number of H-pyrrole nitrogens is 2. The molecule has 530 valence electrons. The predicted molar refractivity (Wildman–Crippen MR) is 420 cm³/mol. The zero-order valence-electron chi connectivity index (χ0n) is 59.9. The van der Waals surface area contributed by atoms with Crippen molar-refractivity contribution in [1.29, 1.82) is 0 Å². The zero-order chi connectivity index (χ0) is 73.4. The summed E-state index contributed by atoms with van der Waals surface area (Å²) in [5.74, 6) is 0.274. The Balaban J connectivity index is 0.000000136. The number of ketones is 3. The van der Waals surface area contributed by atoms with Gasteiger partial charge in [-0.2, -0.15) is 0 Å². The number of likely N-dealkylation sites (tertiary alicyclic amines) is 2. The van der Waals surface area contributed by atoms with Crippen molar-refractivity contribution in [1.82, 2.24) is 60.0 Å². The number of pyridine rings is 5. The number of aromatic amines is 2. The Kier molecular flexibility index (Phi) is 25.5. The van der Waals surface area contributed by atoms with Crippen LogP contribution in [0, 0.1) is 0 Å². The first-order chi connectivity index (χ1) is 52.0. The van der Waals surface area contributed by atoms with Crippen LogP contribution in [0.1, 0.15) is 156 Å². The maximum atomic E-state index is 11.8. The molecule has 0 unspecified atom stereocenters. The van der Waals surface area contributed by atoms with Crippen LogP contribution < -0.4 is 5.32 Å². The molecule has 0 bridgehead atoms. The molecule has 10 heterocycles. The highest BCUT2D eigenvalue weighted by Crippen LogP contribution is 2.39. The van der Waals surface area contributed by atoms with Crippen LogP contribution in [0.15, 0.2) is 273 Å². The monoisotopic (exact) mass is 1400 g/mol. The van der Waals surface area contributed by atoms with E-state index in [9.17, 15) is 24.0 Å². The molecule has 3 saturated heterocycles. The number of benzene rings is 6. The molecule has 17 nitrogen and oxygen atoms in total. The van der Waals surface area contributed by atoms with Crippen molar-refractivity contribution in [2.24, 2.45) is 0 Å². The fourth-order valence-electron chi connectivity index (χ4n) is 13.8. The van der Waals surface area contributed by atoms with Crippen molar-refractivity contribution in [2.75, 3.05) is 39.3 Å². The Bertz CT molecular complexity index is 5190. The average Bonchev–Trinajstić information content (AvgIpc) is 1.05. The van der Waals surface area contributed by atoms with Crippen LogP contribution in [-0.4, -0.2) is 124 Å². The molecule has 106 heavy (non-hydrogen) atoms. The van der Waals surface area contributed by atoms with Gasteiger partial charge in [0.2, 0.25) is 0 Å². The molecule has 0 aliphatic carbocycles. The van der Waals surface area contributed by atoms with E-state index in [-0.39, 0.29) is 17.3 Å². The molecule has 6 aromatic carbocycles. The lowest BCUT2D eigenvalue weighted by atomic mass is 9.87. The molecule has 7 aromatic heterocycles. The number of carbonyl (C=O) groups is 5. The molecule has 0 amide bonds. The second kappa shape index (κ2) is 36.7. The lowest BCUT2D eigenvalue weighted by Gasteiger charge is -2.30. The number of piperidine rings is 3. The fourth-order valence-corrected chi connectivity index (χ4v) is 13.8. The van der Waals surface area contributed by atoms with Gasteiger partial charge in [-0.15, -0.1) is 0 Å². The van der Waals surface area contributed by atoms with Crippen molar-refractivity contribution >= 4 is 79.4 Å². The van der Waals surface area contributed by atoms with Crippen molar-refractivity contribution in [3.63, 3.8) is 0 Å². The Morgan fingerprint density at radius 3 is 1.09 bits per heavy atom. The molecule has 13 aromatic rings. The van der Waals surface area contributed by atoms with Crippen LogP contribution >= 0.6 is 0 Å². The van der Waals surface area contributed by atoms with Gasteiger partial charge >= 0.3 is 0 Å². The number of imidazole rings is 2. The summed E-state index contributed by atoms with van der Waals surface area (Å²) in [7, 11) is 0. The predicted octanol–water partition coefficient (Wildman–Crippen LogP) is 16.9. The van der Waals surface area contributed by atoms with Crippen molar-refractivity contribution in [3.8, 4) is 0 Å². The number of rotatable bonds is 15. The highest BCUT2D eigenvalue weighted by molar-refractivity contribution is 6.01. The van der Waals surface area contributed by atoms with E-state index in [0.29, 0.717) is 17.5 Å². The molecule has 0 saturated carbocycles. The third-order valence-corrected chi connectivity index (χ3v) is 19.2. The Labute approximate surface area is 617 Å². The summed E-state index contributed by atoms with van der Waals surface area (Å²) >= 11 is 0. The molecule has 3 fully saturated rings. The molecule has 17 heteroatoms. The van der Waals surface area contributed by atoms with E-state index in [1.807, 2.05) is 91.8 Å². The maximum Gasteiger partial charge on any atom is 0.167 e. The van der Waals surface area contributed by atoms with E-state index in [1.165, 1.54) is 62.7 Å². The van der Waals surface area contributed by atoms with Gasteiger partial charge in [0.05, 0.1) is 41.1 Å². The molecule has 0 spiro atoms. The van der Waals surface area contributed by atoms with E-state index in [1.54, 1.807) is 51.6 Å². The largest absolute Gasteiger partial charge is 0.347 e. The second-order valence-electron chi connectivity index (χ2n) is 26.2. The third kappa shape index (κ3) is 19.1. The van der Waals surface area contributed by atoms with E-state index in [0.717, 1.165) is 175 Å². The van der Waals surface area contributed by atoms with Gasteiger partial charge < -0.3 is 15.3 Å². The smallest absolute Gasteiger partial charge is 0.167 e. The standard InChI is InChI=1S/C29H27N3O.C27H26N4O.C23H22N2O.C6H5NO.C4H4N2O/c1-21(33)23-7-9-24(10-8-23)28(27-6-2-4-26-5-3-15-31-29(26)27)25-13-18-32(19-14-25)20-22-11-16-30-17-12-22;1-19(32)20-7-9-21(10-8-20)26(25-6-2-4-23-5-3-13-29-27(23)25)22-11-14-31(15-12-22)17-24-16-28-18-30-24;1-16(26)17-7-9-18(10-8-17)22(19-11-14-24-15-12-19)21-6-2-4-20-5-3-13-25-23(20)21;8-5-6-1-3-7-4-2-6;7-2-4-1-5-3-6-4/h2-12,15-17H,13-14,18-20H2,1H3;2-10,13,16,18H,11-12,14-15,17H2,1H3,(H,28,30);2-10,13,24H,11-12,14-15H2,1H3;1-5H;1-3H,(H,5,6). The summed E-state index contributed by atoms with van der Waals surface area (Å²) in [5.41, 5.74) is 24.0. The van der Waals surface area contributed by atoms with Crippen LogP contribution in [0.4, 0.5) is 0 Å². The number of aldehydes is 2. The number of Topliss-reactive ketones (excluding diaryl/α,β-unsaturated/α-hetero) is 3. The van der Waals surface area contributed by atoms with E-state index in [2.05, 4.69) is 171 Å². The molecule has 3 N–H and O–H groups in total. The first-order valence-electron chi connectivity index (χ1n) is 35.8. The van der Waals surface area contributed by atoms with Gasteiger partial charge in [-0.1, -0.05) is 162 Å². The number of nitrogens with zero attached hydrogens (tertiary/aromatic N) is 9. The summed E-state index contributed by atoms with van der Waals surface area (Å²) in [6.07, 6.45) is 26.6. The van der Waals surface area contributed by atoms with Crippen molar-refractivity contribution in [2.45, 2.75) is 72.4 Å². The summed E-state index contributed by atoms with van der Waals surface area (Å²) < 4.78 is 0. The minimum absolute atomic E-state index is 0.0877. The number of hydrogen-bond donors (Lipinski definition) is 3. The summed E-state index contributed by atoms with van der Waals surface area (Å²) in [4.78, 5) is 95.6. The first kappa shape index (κ1) is 73.5. The Morgan fingerprint density at radius 1 is 0.377 bits per heavy atom. The molecule has 3 aliphatic heterocycles. The van der Waals surface area contributed by atoms with Crippen molar-refractivity contribution in [3.05, 3.63) is 346 Å². The Hall–Kier alpha value is -12.3. The number of para-hydroxylation sites is 3. The second-order valence-corrected chi connectivity index (χ2v) is 26.2. The topological polar surface area (TPSA) is 226 Å². The summed E-state index contributed by atoms with van der Waals surface area (Å²) in [6, 6.07) is 63.0. The number of nitrogens with one attached hydrogen (secondary N) is 3. The molecular formula is C89H84N12O5. The molecule has 3 aliphatic rings. The van der Waals surface area contributed by atoms with Gasteiger partial charge in [0.1, 0.15) is 6.29 Å². The van der Waals surface area contributed by atoms with Crippen LogP contribution in [0.25, 0.3) is 49.4 Å². The van der Waals surface area contributed by atoms with E-state index < -0.39 is 0 Å². The van der Waals surface area contributed by atoms with E-state index in [4.69, 9.17) is 9.97 Å². The van der Waals surface area contributed by atoms with Crippen molar-refractivity contribution < 1.29 is 24.0 Å². The minimum atomic E-state index is 0.0877. The van der Waals surface area contributed by atoms with Crippen LogP contribution in [0.5, 0.6) is 0 Å². The van der Waals surface area contributed by atoms with Gasteiger partial charge in [0.15, 0.2) is 23.6 Å². The van der Waals surface area contributed by atoms with Gasteiger partial charge in [-0.05, 0) is 154 Å². The highest BCUT2D eigenvalue weighted by atomic mass is 16.1. The van der Waals surface area contributed by atoms with Crippen LogP contribution in [-0.2, 0) is 13.1 Å². The normalized spacial score (nSPS) is 13.6.